The zero-order valence-corrected chi connectivity index (χ0v) is 23.0. The van der Waals surface area contributed by atoms with Gasteiger partial charge in [-0.25, -0.2) is 4.39 Å². The third kappa shape index (κ3) is 7.26. The first-order valence-corrected chi connectivity index (χ1v) is 13.8. The fraction of sp³-hybridized carbons (Fsp3) is 0.567. The fourth-order valence-electron chi connectivity index (χ4n) is 5.72. The molecule has 3 aliphatic rings. The molecule has 1 aliphatic carbocycles. The number of benzene rings is 2. The average Bonchev–Trinajstić information content (AvgIpc) is 3.55. The molecule has 11 heteroatoms. The maximum Gasteiger partial charge on any atom is 0.416 e. The number of amides is 1. The van der Waals surface area contributed by atoms with E-state index in [-0.39, 0.29) is 38.1 Å². The molecule has 5 rings (SSSR count). The summed E-state index contributed by atoms with van der Waals surface area (Å²) in [6.07, 6.45) is -4.27. The van der Waals surface area contributed by atoms with Crippen LogP contribution in [0, 0.1) is 5.82 Å². The van der Waals surface area contributed by atoms with Gasteiger partial charge in [0.05, 0.1) is 37.1 Å². The van der Waals surface area contributed by atoms with Crippen LogP contribution in [0.5, 0.6) is 0 Å². The van der Waals surface area contributed by atoms with Crippen molar-refractivity contribution in [3.63, 3.8) is 0 Å². The highest BCUT2D eigenvalue weighted by atomic mass is 19.4. The Kier molecular flexibility index (Phi) is 8.73. The van der Waals surface area contributed by atoms with Gasteiger partial charge >= 0.3 is 6.18 Å². The van der Waals surface area contributed by atoms with Crippen LogP contribution >= 0.6 is 0 Å². The standard InChI is InChI=1S/C30H35F4NO6/c1-28(2)40-25-15-29(27(36)35-16-23-7-4-12-37-23,39-18-20-5-3-6-22(31)13-20)14-24(26(25)41-28)38-17-19-8-10-21(11-9-19)30(32,33)34/h3,5-6,8-11,13,23-26H,4,7,12,14-18H2,1-2H3,(H,35,36)/t23?,24?,25-,26+,29-/m1/s1. The van der Waals surface area contributed by atoms with Crippen molar-refractivity contribution in [2.24, 2.45) is 0 Å². The average molecular weight is 582 g/mol. The second-order valence-electron chi connectivity index (χ2n) is 11.3. The third-order valence-electron chi connectivity index (χ3n) is 7.73. The van der Waals surface area contributed by atoms with Gasteiger partial charge in [0, 0.05) is 26.0 Å². The molecule has 41 heavy (non-hydrogen) atoms. The Hall–Kier alpha value is -2.57. The van der Waals surface area contributed by atoms with Crippen molar-refractivity contribution in [1.29, 1.82) is 0 Å². The lowest BCUT2D eigenvalue weighted by atomic mass is 9.78. The predicted molar refractivity (Wildman–Crippen MR) is 139 cm³/mol. The number of carbonyl (C=O) groups excluding carboxylic acids is 1. The molecule has 0 bridgehead atoms. The number of nitrogens with one attached hydrogen (secondary N) is 1. The summed E-state index contributed by atoms with van der Waals surface area (Å²) in [5, 5.41) is 2.98. The van der Waals surface area contributed by atoms with Crippen LogP contribution in [0.1, 0.15) is 56.2 Å². The lowest BCUT2D eigenvalue weighted by molar-refractivity contribution is -0.183. The van der Waals surface area contributed by atoms with Crippen LogP contribution in [0.4, 0.5) is 17.6 Å². The summed E-state index contributed by atoms with van der Waals surface area (Å²) in [6.45, 7) is 4.46. The second kappa shape index (κ2) is 12.0. The molecule has 5 atom stereocenters. The molecular formula is C30H35F4NO6. The minimum atomic E-state index is -4.44. The molecule has 2 aromatic rings. The van der Waals surface area contributed by atoms with Gasteiger partial charge in [-0.2, -0.15) is 13.2 Å². The fourth-order valence-corrected chi connectivity index (χ4v) is 5.72. The molecular weight excluding hydrogens is 546 g/mol. The van der Waals surface area contributed by atoms with Crippen LogP contribution in [-0.2, 0) is 47.9 Å². The van der Waals surface area contributed by atoms with Gasteiger partial charge in [-0.15, -0.1) is 0 Å². The van der Waals surface area contributed by atoms with Crippen molar-refractivity contribution in [3.05, 3.63) is 71.0 Å². The number of fused-ring (bicyclic) bond motifs is 1. The highest BCUT2D eigenvalue weighted by Gasteiger charge is 2.58. The summed E-state index contributed by atoms with van der Waals surface area (Å²) in [4.78, 5) is 13.8. The van der Waals surface area contributed by atoms with Crippen LogP contribution < -0.4 is 5.32 Å². The maximum atomic E-state index is 13.9. The van der Waals surface area contributed by atoms with E-state index in [9.17, 15) is 22.4 Å². The van der Waals surface area contributed by atoms with Crippen LogP contribution in [0.25, 0.3) is 0 Å². The van der Waals surface area contributed by atoms with E-state index >= 15 is 0 Å². The van der Waals surface area contributed by atoms with Crippen molar-refractivity contribution in [2.75, 3.05) is 13.2 Å². The van der Waals surface area contributed by atoms with Crippen molar-refractivity contribution in [1.82, 2.24) is 5.32 Å². The SMILES string of the molecule is CC1(C)O[C@@H]2C[C@@](OCc3cccc(F)c3)(C(=O)NCC3CCCO3)CC(OCc3ccc(C(F)(F)F)cc3)[C@@H]2O1. The Bertz CT molecular complexity index is 1200. The Morgan fingerprint density at radius 1 is 1.05 bits per heavy atom. The Morgan fingerprint density at radius 2 is 1.83 bits per heavy atom. The zero-order chi connectivity index (χ0) is 29.3. The van der Waals surface area contributed by atoms with E-state index < -0.39 is 47.3 Å². The zero-order valence-electron chi connectivity index (χ0n) is 23.0. The van der Waals surface area contributed by atoms with Crippen LogP contribution in [-0.4, -0.2) is 54.9 Å². The van der Waals surface area contributed by atoms with Crippen molar-refractivity contribution in [3.8, 4) is 0 Å². The second-order valence-corrected chi connectivity index (χ2v) is 11.3. The van der Waals surface area contributed by atoms with E-state index in [0.29, 0.717) is 24.3 Å². The molecule has 2 unspecified atom stereocenters. The summed E-state index contributed by atoms with van der Waals surface area (Å²) in [7, 11) is 0. The Balaban J connectivity index is 1.37. The summed E-state index contributed by atoms with van der Waals surface area (Å²) < 4.78 is 83.5. The number of carbonyl (C=O) groups is 1. The first-order valence-electron chi connectivity index (χ1n) is 13.8. The number of hydrogen-bond acceptors (Lipinski definition) is 6. The number of hydrogen-bond donors (Lipinski definition) is 1. The van der Waals surface area contributed by atoms with Crippen molar-refractivity contribution < 1.29 is 46.0 Å². The molecule has 3 fully saturated rings. The van der Waals surface area contributed by atoms with Gasteiger partial charge in [0.2, 0.25) is 0 Å². The maximum absolute atomic E-state index is 13.9. The summed E-state index contributed by atoms with van der Waals surface area (Å²) in [5.41, 5.74) is -1.06. The Labute approximate surface area is 236 Å². The smallest absolute Gasteiger partial charge is 0.376 e. The van der Waals surface area contributed by atoms with E-state index in [4.69, 9.17) is 23.7 Å². The predicted octanol–water partition coefficient (Wildman–Crippen LogP) is 5.29. The highest BCUT2D eigenvalue weighted by Crippen LogP contribution is 2.44. The Morgan fingerprint density at radius 3 is 2.51 bits per heavy atom. The van der Waals surface area contributed by atoms with Gasteiger partial charge in [-0.1, -0.05) is 24.3 Å². The molecule has 7 nitrogen and oxygen atoms in total. The molecule has 0 radical (unpaired) electrons. The van der Waals surface area contributed by atoms with Crippen LogP contribution in [0.2, 0.25) is 0 Å². The molecule has 2 aromatic carbocycles. The highest BCUT2D eigenvalue weighted by molar-refractivity contribution is 5.85. The number of alkyl halides is 3. The third-order valence-corrected chi connectivity index (χ3v) is 7.73. The number of rotatable bonds is 9. The molecule has 2 saturated heterocycles. The van der Waals surface area contributed by atoms with E-state index in [1.807, 2.05) is 0 Å². The van der Waals surface area contributed by atoms with Gasteiger partial charge in [-0.05, 0) is 62.1 Å². The van der Waals surface area contributed by atoms with Gasteiger partial charge in [-0.3, -0.25) is 4.79 Å². The van der Waals surface area contributed by atoms with Crippen molar-refractivity contribution in [2.45, 2.75) is 94.7 Å². The largest absolute Gasteiger partial charge is 0.416 e. The monoisotopic (exact) mass is 581 g/mol. The normalized spacial score (nSPS) is 29.3. The first-order chi connectivity index (χ1) is 19.4. The van der Waals surface area contributed by atoms with Gasteiger partial charge in [0.15, 0.2) is 11.4 Å². The molecule has 2 heterocycles. The summed E-state index contributed by atoms with van der Waals surface area (Å²) in [6, 6.07) is 10.7. The number of ether oxygens (including phenoxy) is 5. The van der Waals surface area contributed by atoms with Gasteiger partial charge in [0.25, 0.3) is 5.91 Å². The van der Waals surface area contributed by atoms with E-state index in [2.05, 4.69) is 5.32 Å². The topological polar surface area (TPSA) is 75.3 Å². The van der Waals surface area contributed by atoms with E-state index in [0.717, 1.165) is 25.0 Å². The van der Waals surface area contributed by atoms with Crippen LogP contribution in [0.15, 0.2) is 48.5 Å². The minimum absolute atomic E-state index is 0.00662. The molecule has 0 aromatic heterocycles. The number of halogens is 4. The molecule has 1 saturated carbocycles. The van der Waals surface area contributed by atoms with Gasteiger partial charge < -0.3 is 29.0 Å². The van der Waals surface area contributed by atoms with Crippen molar-refractivity contribution >= 4 is 5.91 Å². The molecule has 2 aliphatic heterocycles. The molecule has 224 valence electrons. The lowest BCUT2D eigenvalue weighted by Crippen LogP contribution is -2.60. The molecule has 1 N–H and O–H groups in total. The molecule has 0 spiro atoms. The summed E-state index contributed by atoms with van der Waals surface area (Å²) >= 11 is 0. The lowest BCUT2D eigenvalue weighted by Gasteiger charge is -2.43. The molecule has 1 amide bonds. The van der Waals surface area contributed by atoms with Crippen LogP contribution in [0.3, 0.4) is 0 Å². The van der Waals surface area contributed by atoms with E-state index in [1.165, 1.54) is 24.3 Å². The summed E-state index contributed by atoms with van der Waals surface area (Å²) in [5.74, 6) is -1.73. The quantitative estimate of drug-likeness (QED) is 0.406. The first kappa shape index (κ1) is 29.9. The minimum Gasteiger partial charge on any atom is -0.376 e. The van der Waals surface area contributed by atoms with E-state index in [1.54, 1.807) is 26.0 Å². The van der Waals surface area contributed by atoms with Gasteiger partial charge in [0.1, 0.15) is 11.9 Å².